The third-order valence-electron chi connectivity index (χ3n) is 3.86. The van der Waals surface area contributed by atoms with E-state index in [9.17, 15) is 5.11 Å². The molecule has 0 fully saturated rings. The lowest BCUT2D eigenvalue weighted by atomic mass is 10.0. The number of aliphatic imine (C=N–C) groups is 1. The van der Waals surface area contributed by atoms with Gasteiger partial charge in [0.25, 0.3) is 0 Å². The number of guanidine groups is 1. The minimum absolute atomic E-state index is 0.120. The molecule has 124 valence electrons. The summed E-state index contributed by atoms with van der Waals surface area (Å²) < 4.78 is 5.24. The fraction of sp³-hybridized carbons (Fsp3) is 0.389. The third-order valence-corrected chi connectivity index (χ3v) is 3.86. The number of hydrogen-bond donors (Lipinski definition) is 3. The minimum atomic E-state index is -1.19. The van der Waals surface area contributed by atoms with E-state index >= 15 is 0 Å². The fourth-order valence-electron chi connectivity index (χ4n) is 2.47. The normalized spacial score (nSPS) is 14.5. The molecular weight excluding hydrogens is 290 g/mol. The Labute approximate surface area is 137 Å². The van der Waals surface area contributed by atoms with Gasteiger partial charge in [-0.05, 0) is 43.0 Å². The Morgan fingerprint density at radius 3 is 2.39 bits per heavy atom. The monoisotopic (exact) mass is 315 g/mol. The predicted octanol–water partition coefficient (Wildman–Crippen LogP) is 3.04. The van der Waals surface area contributed by atoms with Gasteiger partial charge in [0.05, 0.1) is 12.8 Å². The van der Waals surface area contributed by atoms with Gasteiger partial charge in [-0.25, -0.2) is 4.99 Å². The Hall–Kier alpha value is -2.27. The maximum absolute atomic E-state index is 10.4. The molecule has 0 radical (unpaired) electrons. The Bertz CT molecular complexity index is 639. The second-order valence-corrected chi connectivity index (χ2v) is 5.74. The smallest absolute Gasteiger partial charge is 0.193 e. The van der Waals surface area contributed by atoms with E-state index in [0.717, 1.165) is 18.5 Å². The Balaban J connectivity index is 2.14. The maximum Gasteiger partial charge on any atom is 0.193 e. The molecule has 23 heavy (non-hydrogen) atoms. The second-order valence-electron chi connectivity index (χ2n) is 5.74. The average molecular weight is 315 g/mol. The highest BCUT2D eigenvalue weighted by molar-refractivity contribution is 5.93. The van der Waals surface area contributed by atoms with E-state index in [4.69, 9.17) is 10.2 Å². The van der Waals surface area contributed by atoms with E-state index < -0.39 is 5.60 Å². The molecule has 1 unspecified atom stereocenters. The molecule has 0 aliphatic carbocycles. The van der Waals surface area contributed by atoms with E-state index in [1.54, 1.807) is 19.1 Å². The van der Waals surface area contributed by atoms with Crippen LogP contribution in [0, 0.1) is 0 Å². The average Bonchev–Trinajstić information content (AvgIpc) is 3.08. The predicted molar refractivity (Wildman–Crippen MR) is 93.6 cm³/mol. The summed E-state index contributed by atoms with van der Waals surface area (Å²) in [5.74, 6) is 0.754. The Morgan fingerprint density at radius 2 is 1.87 bits per heavy atom. The molecule has 0 aliphatic rings. The standard InChI is InChI=1S/C18H25N3O2/c1-4-13-8-6-9-14(5-2)16(13)21-17(19)20-12-18(3,22)15-10-7-11-23-15/h6-11,22H,4-5,12H2,1-3H3,(H3,19,20,21). The molecular formula is C18H25N3O2. The summed E-state index contributed by atoms with van der Waals surface area (Å²) in [5, 5.41) is 13.6. The number of nitrogens with two attached hydrogens (primary N) is 1. The topological polar surface area (TPSA) is 83.8 Å². The molecule has 0 saturated heterocycles. The lowest BCUT2D eigenvalue weighted by Crippen LogP contribution is -2.29. The number of rotatable bonds is 6. The first-order valence-electron chi connectivity index (χ1n) is 7.92. The number of aliphatic hydroxyl groups is 1. The number of aryl methyl sites for hydroxylation is 2. The van der Waals surface area contributed by atoms with Gasteiger partial charge in [-0.15, -0.1) is 0 Å². The molecule has 0 spiro atoms. The van der Waals surface area contributed by atoms with E-state index in [0.29, 0.717) is 5.76 Å². The molecule has 4 N–H and O–H groups in total. The first-order valence-corrected chi connectivity index (χ1v) is 7.92. The zero-order valence-corrected chi connectivity index (χ0v) is 14.0. The zero-order valence-electron chi connectivity index (χ0n) is 14.0. The van der Waals surface area contributed by atoms with Crippen LogP contribution in [0.25, 0.3) is 0 Å². The lowest BCUT2D eigenvalue weighted by molar-refractivity contribution is 0.0438. The Kier molecular flexibility index (Phi) is 5.45. The zero-order chi connectivity index (χ0) is 16.9. The van der Waals surface area contributed by atoms with Crippen molar-refractivity contribution in [3.63, 3.8) is 0 Å². The van der Waals surface area contributed by atoms with Gasteiger partial charge in [-0.1, -0.05) is 32.0 Å². The quantitative estimate of drug-likeness (QED) is 0.565. The van der Waals surface area contributed by atoms with Crippen molar-refractivity contribution < 1.29 is 9.52 Å². The van der Waals surface area contributed by atoms with Gasteiger partial charge >= 0.3 is 0 Å². The molecule has 0 saturated carbocycles. The van der Waals surface area contributed by atoms with Crippen LogP contribution in [0.15, 0.2) is 46.0 Å². The highest BCUT2D eigenvalue weighted by Gasteiger charge is 2.25. The number of hydrogen-bond acceptors (Lipinski definition) is 3. The molecule has 0 bridgehead atoms. The highest BCUT2D eigenvalue weighted by Crippen LogP contribution is 2.23. The van der Waals surface area contributed by atoms with Gasteiger partial charge in [0.15, 0.2) is 5.96 Å². The largest absolute Gasteiger partial charge is 0.466 e. The van der Waals surface area contributed by atoms with Crippen LogP contribution in [0.5, 0.6) is 0 Å². The van der Waals surface area contributed by atoms with E-state index in [1.165, 1.54) is 17.4 Å². The fourth-order valence-corrected chi connectivity index (χ4v) is 2.47. The van der Waals surface area contributed by atoms with E-state index in [2.05, 4.69) is 42.4 Å². The molecule has 5 heteroatoms. The molecule has 1 aromatic heterocycles. The van der Waals surface area contributed by atoms with Crippen molar-refractivity contribution in [3.05, 3.63) is 53.5 Å². The van der Waals surface area contributed by atoms with Crippen LogP contribution in [-0.2, 0) is 18.4 Å². The van der Waals surface area contributed by atoms with Crippen molar-refractivity contribution in [2.45, 2.75) is 39.2 Å². The van der Waals surface area contributed by atoms with Crippen molar-refractivity contribution in [3.8, 4) is 0 Å². The summed E-state index contributed by atoms with van der Waals surface area (Å²) in [6.07, 6.45) is 3.35. The first kappa shape index (κ1) is 17.1. The molecule has 0 aliphatic heterocycles. The highest BCUT2D eigenvalue weighted by atomic mass is 16.4. The molecule has 2 rings (SSSR count). The van der Waals surface area contributed by atoms with Crippen LogP contribution < -0.4 is 11.1 Å². The van der Waals surface area contributed by atoms with Crippen molar-refractivity contribution in [2.24, 2.45) is 10.7 Å². The van der Waals surface area contributed by atoms with Crippen LogP contribution in [0.4, 0.5) is 5.69 Å². The number of benzene rings is 1. The molecule has 1 atom stereocenters. The van der Waals surface area contributed by atoms with Crippen molar-refractivity contribution in [2.75, 3.05) is 11.9 Å². The van der Waals surface area contributed by atoms with E-state index in [-0.39, 0.29) is 12.5 Å². The third kappa shape index (κ3) is 4.13. The maximum atomic E-state index is 10.4. The summed E-state index contributed by atoms with van der Waals surface area (Å²) in [6, 6.07) is 9.67. The number of anilines is 1. The molecule has 5 nitrogen and oxygen atoms in total. The summed E-state index contributed by atoms with van der Waals surface area (Å²) >= 11 is 0. The summed E-state index contributed by atoms with van der Waals surface area (Å²) in [6.45, 7) is 5.99. The molecule has 1 heterocycles. The lowest BCUT2D eigenvalue weighted by Gasteiger charge is -2.19. The Morgan fingerprint density at radius 1 is 1.22 bits per heavy atom. The van der Waals surface area contributed by atoms with Gasteiger partial charge in [-0.2, -0.15) is 0 Å². The van der Waals surface area contributed by atoms with Gasteiger partial charge in [0.2, 0.25) is 0 Å². The van der Waals surface area contributed by atoms with Gasteiger partial charge in [-0.3, -0.25) is 0 Å². The summed E-state index contributed by atoms with van der Waals surface area (Å²) in [7, 11) is 0. The molecule has 1 aromatic carbocycles. The van der Waals surface area contributed by atoms with Gasteiger partial charge < -0.3 is 20.6 Å². The summed E-state index contributed by atoms with van der Waals surface area (Å²) in [4.78, 5) is 4.27. The SMILES string of the molecule is CCc1cccc(CC)c1NC(N)=NCC(C)(O)c1ccco1. The molecule has 0 amide bonds. The van der Waals surface area contributed by atoms with Gasteiger partial charge in [0, 0.05) is 5.69 Å². The van der Waals surface area contributed by atoms with Crippen LogP contribution in [0.1, 0.15) is 37.7 Å². The van der Waals surface area contributed by atoms with Crippen LogP contribution in [-0.4, -0.2) is 17.6 Å². The second kappa shape index (κ2) is 7.33. The van der Waals surface area contributed by atoms with Crippen LogP contribution >= 0.6 is 0 Å². The van der Waals surface area contributed by atoms with Crippen molar-refractivity contribution in [1.29, 1.82) is 0 Å². The summed E-state index contributed by atoms with van der Waals surface area (Å²) in [5.41, 5.74) is 8.22. The number of nitrogens with one attached hydrogen (secondary N) is 1. The van der Waals surface area contributed by atoms with Crippen LogP contribution in [0.2, 0.25) is 0 Å². The first-order chi connectivity index (χ1) is 11.0. The molecule has 2 aromatic rings. The number of nitrogens with zero attached hydrogens (tertiary/aromatic N) is 1. The number of para-hydroxylation sites is 1. The van der Waals surface area contributed by atoms with Crippen LogP contribution in [0.3, 0.4) is 0 Å². The minimum Gasteiger partial charge on any atom is -0.466 e. The van der Waals surface area contributed by atoms with E-state index in [1.807, 2.05) is 0 Å². The number of furan rings is 1. The van der Waals surface area contributed by atoms with Crippen molar-refractivity contribution >= 4 is 11.6 Å². The van der Waals surface area contributed by atoms with Gasteiger partial charge in [0.1, 0.15) is 11.4 Å². The van der Waals surface area contributed by atoms with Crippen molar-refractivity contribution in [1.82, 2.24) is 0 Å².